The first-order valence-electron chi connectivity index (χ1n) is 3.95. The molecule has 0 aliphatic rings. The summed E-state index contributed by atoms with van der Waals surface area (Å²) >= 11 is 0. The second-order valence-corrected chi connectivity index (χ2v) is 2.81. The normalized spacial score (nSPS) is 10.4. The van der Waals surface area contributed by atoms with Crippen LogP contribution in [0.3, 0.4) is 0 Å². The molecule has 0 saturated carbocycles. The number of nitrogen functional groups attached to an aromatic ring is 1. The first-order chi connectivity index (χ1) is 7.09. The lowest BCUT2D eigenvalue weighted by Gasteiger charge is -1.93. The molecule has 1 heterocycles. The Morgan fingerprint density at radius 1 is 1.53 bits per heavy atom. The fourth-order valence-electron chi connectivity index (χ4n) is 1.25. The SMILES string of the molecule is Nc1nc2c([N+](=O)[O-])cccc2[n+](=O)[nH]1. The zero-order valence-electron chi connectivity index (χ0n) is 7.38. The molecule has 0 amide bonds. The lowest BCUT2D eigenvalue weighted by Crippen LogP contribution is -2.23. The summed E-state index contributed by atoms with van der Waals surface area (Å²) < 4.78 is 0.338. The van der Waals surface area contributed by atoms with E-state index >= 15 is 0 Å². The van der Waals surface area contributed by atoms with E-state index in [2.05, 4.69) is 10.1 Å². The van der Waals surface area contributed by atoms with Gasteiger partial charge in [-0.05, 0) is 6.07 Å². The fourth-order valence-corrected chi connectivity index (χ4v) is 1.25. The summed E-state index contributed by atoms with van der Waals surface area (Å²) in [7, 11) is 0. The van der Waals surface area contributed by atoms with Crippen molar-refractivity contribution in [1.29, 1.82) is 0 Å². The van der Waals surface area contributed by atoms with Crippen LogP contribution in [0.4, 0.5) is 11.6 Å². The summed E-state index contributed by atoms with van der Waals surface area (Å²) in [5.74, 6) is -0.174. The van der Waals surface area contributed by atoms with Crippen LogP contribution in [0.5, 0.6) is 0 Å². The predicted octanol–water partition coefficient (Wildman–Crippen LogP) is -0.0322. The number of benzene rings is 1. The van der Waals surface area contributed by atoms with Gasteiger partial charge in [0.05, 0.1) is 9.83 Å². The highest BCUT2D eigenvalue weighted by Crippen LogP contribution is 2.20. The Balaban J connectivity index is 2.97. The lowest BCUT2D eigenvalue weighted by molar-refractivity contribution is -0.535. The van der Waals surface area contributed by atoms with Gasteiger partial charge in [0.25, 0.3) is 5.95 Å². The number of fused-ring (bicyclic) bond motifs is 1. The van der Waals surface area contributed by atoms with Gasteiger partial charge < -0.3 is 5.73 Å². The highest BCUT2D eigenvalue weighted by Gasteiger charge is 2.20. The molecule has 15 heavy (non-hydrogen) atoms. The standard InChI is InChI=1S/C7H6N5O3/c8-7-9-6-4(11(13)10-7)2-1-3-5(6)12(14)15/h1-3H,(H3,8,9,10,13)/q+1. The second kappa shape index (κ2) is 3.01. The van der Waals surface area contributed by atoms with Crippen molar-refractivity contribution in [2.75, 3.05) is 5.73 Å². The van der Waals surface area contributed by atoms with Gasteiger partial charge in [-0.15, -0.1) is 0 Å². The highest BCUT2D eigenvalue weighted by molar-refractivity contribution is 5.81. The largest absolute Gasteiger partial charge is 0.365 e. The number of rotatable bonds is 1. The summed E-state index contributed by atoms with van der Waals surface area (Å²) in [5, 5.41) is 12.8. The van der Waals surface area contributed by atoms with Gasteiger partial charge in [-0.3, -0.25) is 10.1 Å². The van der Waals surface area contributed by atoms with Crippen LogP contribution in [0.25, 0.3) is 11.0 Å². The summed E-state index contributed by atoms with van der Waals surface area (Å²) in [6.45, 7) is 0. The van der Waals surface area contributed by atoms with Crippen LogP contribution in [0.15, 0.2) is 18.2 Å². The number of nitrogens with two attached hydrogens (primary N) is 1. The van der Waals surface area contributed by atoms with Crippen LogP contribution in [0, 0.1) is 15.0 Å². The summed E-state index contributed by atoms with van der Waals surface area (Å²) in [6.07, 6.45) is 0. The molecule has 2 aromatic rings. The maximum atomic E-state index is 11.3. The Hall–Kier alpha value is -2.51. The molecule has 0 atom stereocenters. The minimum absolute atomic E-state index is 0.0336. The number of nitro groups is 1. The zero-order chi connectivity index (χ0) is 11.0. The van der Waals surface area contributed by atoms with Gasteiger partial charge in [0.2, 0.25) is 5.52 Å². The van der Waals surface area contributed by atoms with Crippen molar-refractivity contribution in [2.45, 2.75) is 0 Å². The van der Waals surface area contributed by atoms with E-state index in [0.29, 0.717) is 4.54 Å². The summed E-state index contributed by atoms with van der Waals surface area (Å²) in [5.41, 5.74) is 5.07. The Morgan fingerprint density at radius 2 is 2.27 bits per heavy atom. The molecule has 0 saturated heterocycles. The maximum Gasteiger partial charge on any atom is 0.325 e. The number of nitrogens with zero attached hydrogens (tertiary/aromatic N) is 3. The fraction of sp³-hybridized carbons (Fsp3) is 0. The number of nitrogens with one attached hydrogen (secondary N) is 1. The second-order valence-electron chi connectivity index (χ2n) is 2.81. The van der Waals surface area contributed by atoms with Gasteiger partial charge in [-0.25, -0.2) is 0 Å². The van der Waals surface area contributed by atoms with E-state index < -0.39 is 4.92 Å². The van der Waals surface area contributed by atoms with Gasteiger partial charge in [-0.1, -0.05) is 5.10 Å². The van der Waals surface area contributed by atoms with Crippen molar-refractivity contribution in [3.05, 3.63) is 33.2 Å². The van der Waals surface area contributed by atoms with E-state index in [9.17, 15) is 15.0 Å². The molecular weight excluding hydrogens is 202 g/mol. The number of nitro benzene ring substituents is 1. The number of para-hydroxylation sites is 1. The Bertz CT molecular complexity index is 605. The molecule has 3 N–H and O–H groups in total. The van der Waals surface area contributed by atoms with Crippen molar-refractivity contribution < 1.29 is 9.47 Å². The van der Waals surface area contributed by atoms with Crippen molar-refractivity contribution in [2.24, 2.45) is 0 Å². The number of non-ortho nitro benzene ring substituents is 1. The van der Waals surface area contributed by atoms with Crippen molar-refractivity contribution in [3.8, 4) is 0 Å². The van der Waals surface area contributed by atoms with E-state index in [-0.39, 0.29) is 22.7 Å². The van der Waals surface area contributed by atoms with Crippen molar-refractivity contribution >= 4 is 22.7 Å². The third-order valence-corrected chi connectivity index (χ3v) is 1.86. The Morgan fingerprint density at radius 3 is 2.93 bits per heavy atom. The third-order valence-electron chi connectivity index (χ3n) is 1.86. The van der Waals surface area contributed by atoms with E-state index in [4.69, 9.17) is 5.73 Å². The Labute approximate surface area is 82.1 Å². The van der Waals surface area contributed by atoms with Gasteiger partial charge in [0, 0.05) is 12.1 Å². The van der Waals surface area contributed by atoms with Crippen LogP contribution in [-0.2, 0) is 0 Å². The average Bonchev–Trinajstić information content (AvgIpc) is 2.16. The van der Waals surface area contributed by atoms with Gasteiger partial charge in [-0.2, -0.15) is 4.98 Å². The molecule has 1 aromatic heterocycles. The lowest BCUT2D eigenvalue weighted by atomic mass is 10.2. The first kappa shape index (κ1) is 9.06. The molecule has 8 nitrogen and oxygen atoms in total. The first-order valence-corrected chi connectivity index (χ1v) is 3.95. The molecule has 2 rings (SSSR count). The number of hydrogen-bond donors (Lipinski definition) is 2. The van der Waals surface area contributed by atoms with E-state index in [1.807, 2.05) is 0 Å². The van der Waals surface area contributed by atoms with Gasteiger partial charge >= 0.3 is 11.2 Å². The molecule has 8 heteroatoms. The minimum Gasteiger partial charge on any atom is -0.365 e. The van der Waals surface area contributed by atoms with Crippen LogP contribution < -0.4 is 10.3 Å². The average molecular weight is 208 g/mol. The Kier molecular flexibility index (Phi) is 1.82. The van der Waals surface area contributed by atoms with Crippen LogP contribution in [0.2, 0.25) is 0 Å². The van der Waals surface area contributed by atoms with Gasteiger partial charge in [0.15, 0.2) is 4.54 Å². The number of anilines is 1. The zero-order valence-corrected chi connectivity index (χ0v) is 7.38. The smallest absolute Gasteiger partial charge is 0.325 e. The van der Waals surface area contributed by atoms with Crippen LogP contribution in [0.1, 0.15) is 0 Å². The van der Waals surface area contributed by atoms with Crippen molar-refractivity contribution in [1.82, 2.24) is 10.1 Å². The summed E-state index contributed by atoms with van der Waals surface area (Å²) in [6, 6.07) is 4.08. The van der Waals surface area contributed by atoms with E-state index in [1.165, 1.54) is 18.2 Å². The van der Waals surface area contributed by atoms with Gasteiger partial charge in [0.1, 0.15) is 0 Å². The quantitative estimate of drug-likeness (QED) is 0.387. The minimum atomic E-state index is -0.616. The monoisotopic (exact) mass is 208 g/mol. The molecule has 0 aliphatic carbocycles. The van der Waals surface area contributed by atoms with Crippen molar-refractivity contribution in [3.63, 3.8) is 0 Å². The summed E-state index contributed by atoms with van der Waals surface area (Å²) in [4.78, 5) is 25.0. The molecule has 0 bridgehead atoms. The number of aromatic nitrogens is 3. The predicted molar refractivity (Wildman–Crippen MR) is 50.5 cm³/mol. The highest BCUT2D eigenvalue weighted by atomic mass is 16.6. The third kappa shape index (κ3) is 1.37. The topological polar surface area (TPSA) is 121 Å². The van der Waals surface area contributed by atoms with Crippen LogP contribution >= 0.6 is 0 Å². The molecule has 0 radical (unpaired) electrons. The molecule has 0 fully saturated rings. The molecule has 1 aromatic carbocycles. The van der Waals surface area contributed by atoms with E-state index in [0.717, 1.165) is 0 Å². The molecule has 0 unspecified atom stereocenters. The van der Waals surface area contributed by atoms with Crippen LogP contribution in [-0.4, -0.2) is 15.0 Å². The molecule has 0 aliphatic heterocycles. The number of hydrogen-bond acceptors (Lipinski definition) is 5. The molecule has 0 spiro atoms. The van der Waals surface area contributed by atoms with E-state index in [1.54, 1.807) is 0 Å². The molecular formula is C7H6N5O3+. The number of aromatic amines is 1. The number of H-pyrrole nitrogens is 1. The maximum absolute atomic E-state index is 11.3. The molecule has 76 valence electrons.